The fourth-order valence-electron chi connectivity index (χ4n) is 6.67. The normalized spacial score (nSPS) is 28.8. The maximum Gasteiger partial charge on any atom is 0.0364 e. The summed E-state index contributed by atoms with van der Waals surface area (Å²) in [6.07, 6.45) is 2.63. The SMILES string of the molecule is C1=c2ccccc2=C2CS3=C4c5c(c6cc7ccccc7c7c6c6c5=C(SS=6S7)C1C24)S3. The third-order valence-corrected chi connectivity index (χ3v) is 18.6. The van der Waals surface area contributed by atoms with E-state index >= 15 is 0 Å². The maximum absolute atomic E-state index is 2.63. The largest absolute Gasteiger partial charge is 0.115 e. The molecule has 4 heterocycles. The number of hydrogen-bond donors (Lipinski definition) is 0. The Morgan fingerprint density at radius 1 is 0.875 bits per heavy atom. The lowest BCUT2D eigenvalue weighted by atomic mass is 9.73. The lowest BCUT2D eigenvalue weighted by Crippen LogP contribution is -2.42. The third kappa shape index (κ3) is 1.72. The van der Waals surface area contributed by atoms with E-state index in [1.165, 1.54) is 27.0 Å². The van der Waals surface area contributed by atoms with Crippen molar-refractivity contribution >= 4 is 93.4 Å². The van der Waals surface area contributed by atoms with Crippen LogP contribution >= 0.6 is 50.4 Å². The number of fused-ring (bicyclic) bond motifs is 5. The Labute approximate surface area is 199 Å². The van der Waals surface area contributed by atoms with Crippen molar-refractivity contribution in [3.05, 3.63) is 80.3 Å². The highest BCUT2D eigenvalue weighted by Crippen LogP contribution is 2.70. The van der Waals surface area contributed by atoms with Gasteiger partial charge in [0, 0.05) is 57.8 Å². The van der Waals surface area contributed by atoms with E-state index in [-0.39, 0.29) is 8.55 Å². The van der Waals surface area contributed by atoms with Crippen LogP contribution in [0.3, 0.4) is 0 Å². The van der Waals surface area contributed by atoms with E-state index in [2.05, 4.69) is 93.1 Å². The van der Waals surface area contributed by atoms with Crippen molar-refractivity contribution in [2.75, 3.05) is 5.75 Å². The fourth-order valence-corrected chi connectivity index (χ4v) is 19.7. The van der Waals surface area contributed by atoms with Crippen LogP contribution in [0.25, 0.3) is 38.1 Å². The van der Waals surface area contributed by atoms with E-state index in [0.717, 1.165) is 0 Å². The molecule has 6 aliphatic rings. The van der Waals surface area contributed by atoms with Crippen LogP contribution in [0.5, 0.6) is 0 Å². The molecule has 4 atom stereocenters. The predicted octanol–water partition coefficient (Wildman–Crippen LogP) is 6.02. The second kappa shape index (κ2) is 5.47. The first-order valence-corrected chi connectivity index (χ1v) is 17.6. The van der Waals surface area contributed by atoms with Gasteiger partial charge in [-0.15, -0.1) is 9.52 Å². The summed E-state index contributed by atoms with van der Waals surface area (Å²) in [5.41, 5.74) is 3.42. The van der Waals surface area contributed by atoms with Crippen LogP contribution in [0.1, 0.15) is 5.56 Å². The van der Waals surface area contributed by atoms with Crippen LogP contribution < -0.4 is 15.7 Å². The van der Waals surface area contributed by atoms with Crippen molar-refractivity contribution in [3.63, 3.8) is 0 Å². The molecule has 32 heavy (non-hydrogen) atoms. The van der Waals surface area contributed by atoms with Gasteiger partial charge in [0.15, 0.2) is 0 Å². The summed E-state index contributed by atoms with van der Waals surface area (Å²) in [6, 6.07) is 20.8. The van der Waals surface area contributed by atoms with E-state index < -0.39 is 0 Å². The van der Waals surface area contributed by atoms with Crippen molar-refractivity contribution in [3.8, 4) is 0 Å². The molecule has 0 aromatic heterocycles. The van der Waals surface area contributed by atoms with Gasteiger partial charge in [-0.1, -0.05) is 95.5 Å². The zero-order valence-corrected chi connectivity index (χ0v) is 20.8. The van der Waals surface area contributed by atoms with Gasteiger partial charge in [0.05, 0.1) is 0 Å². The molecule has 0 saturated heterocycles. The van der Waals surface area contributed by atoms with Crippen molar-refractivity contribution in [1.29, 1.82) is 0 Å². The van der Waals surface area contributed by atoms with Gasteiger partial charge >= 0.3 is 0 Å². The first kappa shape index (κ1) is 17.1. The van der Waals surface area contributed by atoms with E-state index in [4.69, 9.17) is 0 Å². The van der Waals surface area contributed by atoms with E-state index in [9.17, 15) is 0 Å². The van der Waals surface area contributed by atoms with Crippen LogP contribution in [0.4, 0.5) is 0 Å². The summed E-state index contributed by atoms with van der Waals surface area (Å²) in [7, 11) is 7.09. The number of rotatable bonds is 0. The van der Waals surface area contributed by atoms with E-state index in [1.54, 1.807) is 46.3 Å². The van der Waals surface area contributed by atoms with Gasteiger partial charge in [-0.25, -0.2) is 0 Å². The molecule has 4 aromatic carbocycles. The molecule has 4 aliphatic heterocycles. The minimum atomic E-state index is 0.201. The van der Waals surface area contributed by atoms with Gasteiger partial charge in [-0.3, -0.25) is 0 Å². The van der Waals surface area contributed by atoms with Crippen molar-refractivity contribution in [2.45, 2.75) is 9.79 Å². The Morgan fingerprint density at radius 2 is 1.78 bits per heavy atom. The fraction of sp³-hybridized carbons (Fsp3) is 0.111. The number of benzene rings is 4. The quantitative estimate of drug-likeness (QED) is 0.165. The van der Waals surface area contributed by atoms with Crippen LogP contribution in [0.15, 0.2) is 64.4 Å². The second-order valence-corrected chi connectivity index (χ2v) is 18.6. The van der Waals surface area contributed by atoms with Crippen LogP contribution in [-0.4, -0.2) is 10.6 Å². The molecular weight excluding hydrogens is 485 g/mol. The summed E-state index contributed by atoms with van der Waals surface area (Å²) in [5, 5.41) is 10.7. The minimum Gasteiger partial charge on any atom is -0.115 e. The van der Waals surface area contributed by atoms with Crippen molar-refractivity contribution in [1.82, 2.24) is 0 Å². The lowest BCUT2D eigenvalue weighted by molar-refractivity contribution is 0.775. The molecule has 10 rings (SSSR count). The second-order valence-electron chi connectivity index (χ2n) is 9.24. The molecule has 0 spiro atoms. The van der Waals surface area contributed by atoms with Gasteiger partial charge in [-0.2, -0.15) is 0 Å². The number of hydrogen-bond acceptors (Lipinski definition) is 3. The van der Waals surface area contributed by atoms with E-state index in [0.29, 0.717) is 21.4 Å². The Bertz CT molecular complexity index is 2000. The third-order valence-electron chi connectivity index (χ3n) is 7.86. The average Bonchev–Trinajstić information content (AvgIpc) is 3.56. The molecule has 4 aromatic rings. The molecule has 0 N–H and O–H groups in total. The Kier molecular flexibility index (Phi) is 2.93. The Hall–Kier alpha value is -1.37. The van der Waals surface area contributed by atoms with Gasteiger partial charge < -0.3 is 0 Å². The minimum absolute atomic E-state index is 0.201. The molecule has 0 bridgehead atoms. The summed E-state index contributed by atoms with van der Waals surface area (Å²) < 4.78 is 1.70. The van der Waals surface area contributed by atoms with E-state index in [1.807, 2.05) is 4.86 Å². The zero-order valence-electron chi connectivity index (χ0n) is 16.7. The molecule has 0 radical (unpaired) electrons. The standard InChI is InChI=1S/C27H14S5/c1-3-7-14-12(5-1)9-16-19-18(14)11-31-26(19)21-22-25(16)30-32-27(22)20-17(24(21)28-31)10-13-6-2-4-8-15(13)23(20)29-32/h1-10,16,19H,11H2. The zero-order chi connectivity index (χ0) is 20.3. The molecule has 0 saturated carbocycles. The average molecular weight is 499 g/mol. The molecule has 2 aliphatic carbocycles. The first-order chi connectivity index (χ1) is 15.9. The predicted molar refractivity (Wildman–Crippen MR) is 147 cm³/mol. The molecule has 4 unspecified atom stereocenters. The monoisotopic (exact) mass is 498 g/mol. The lowest BCUT2D eigenvalue weighted by Gasteiger charge is -2.33. The van der Waals surface area contributed by atoms with Crippen LogP contribution in [-0.2, 0) is 0 Å². The van der Waals surface area contributed by atoms with Gasteiger partial charge in [0.2, 0.25) is 0 Å². The maximum atomic E-state index is 2.63. The molecule has 0 amide bonds. The summed E-state index contributed by atoms with van der Waals surface area (Å²) in [6.45, 7) is 0. The molecule has 0 fully saturated rings. The summed E-state index contributed by atoms with van der Waals surface area (Å²) in [5.74, 6) is 2.44. The highest BCUT2D eigenvalue weighted by Gasteiger charge is 2.49. The molecular formula is C27H14S5. The Balaban J connectivity index is 1.47. The van der Waals surface area contributed by atoms with Gasteiger partial charge in [0.1, 0.15) is 0 Å². The molecule has 0 nitrogen and oxygen atoms in total. The van der Waals surface area contributed by atoms with Crippen LogP contribution in [0.2, 0.25) is 0 Å². The summed E-state index contributed by atoms with van der Waals surface area (Å²) in [4.78, 5) is 6.68. The first-order valence-electron chi connectivity index (χ1n) is 11.0. The smallest absolute Gasteiger partial charge is 0.0364 e. The van der Waals surface area contributed by atoms with Gasteiger partial charge in [0.25, 0.3) is 0 Å². The van der Waals surface area contributed by atoms with Crippen molar-refractivity contribution < 1.29 is 0 Å². The summed E-state index contributed by atoms with van der Waals surface area (Å²) >= 11 is 0. The molecule has 5 heteroatoms. The van der Waals surface area contributed by atoms with Gasteiger partial charge in [-0.05, 0) is 38.2 Å². The van der Waals surface area contributed by atoms with Crippen LogP contribution in [0, 0.1) is 16.3 Å². The topological polar surface area (TPSA) is 0 Å². The Morgan fingerprint density at radius 3 is 2.78 bits per heavy atom. The highest BCUT2D eigenvalue weighted by atomic mass is 33.5. The highest BCUT2D eigenvalue weighted by molar-refractivity contribution is 9.15. The van der Waals surface area contributed by atoms with Crippen molar-refractivity contribution in [2.24, 2.45) is 11.8 Å². The molecule has 152 valence electrons.